The van der Waals surface area contributed by atoms with Gasteiger partial charge in [-0.25, -0.2) is 0 Å². The fourth-order valence-corrected chi connectivity index (χ4v) is 0.300. The fraction of sp³-hybridized carbons (Fsp3) is 0.667. The van der Waals surface area contributed by atoms with Crippen molar-refractivity contribution < 1.29 is 5.11 Å². The zero-order valence-electron chi connectivity index (χ0n) is 4.94. The van der Waals surface area contributed by atoms with E-state index in [9.17, 15) is 0 Å². The van der Waals surface area contributed by atoms with E-state index in [1.165, 1.54) is 5.57 Å². The zero-order valence-corrected chi connectivity index (χ0v) is 4.94. The second kappa shape index (κ2) is 3.88. The summed E-state index contributed by atoms with van der Waals surface area (Å²) in [5, 5.41) is 8.29. The number of hydrogen-bond acceptors (Lipinski definition) is 1. The van der Waals surface area contributed by atoms with Gasteiger partial charge < -0.3 is 5.11 Å². The number of allylic oxidation sites excluding steroid dienone is 1. The van der Waals surface area contributed by atoms with Crippen molar-refractivity contribution in [3.8, 4) is 0 Å². The SMILES string of the molecule is CC/C(C)=C/CO. The van der Waals surface area contributed by atoms with Gasteiger partial charge in [0, 0.05) is 0 Å². The van der Waals surface area contributed by atoms with E-state index in [2.05, 4.69) is 6.92 Å². The van der Waals surface area contributed by atoms with Crippen LogP contribution in [0.25, 0.3) is 0 Å². The van der Waals surface area contributed by atoms with E-state index in [1.54, 1.807) is 0 Å². The molecule has 0 aliphatic heterocycles. The van der Waals surface area contributed by atoms with Crippen molar-refractivity contribution in [1.29, 1.82) is 0 Å². The van der Waals surface area contributed by atoms with Crippen LogP contribution in [0.1, 0.15) is 20.3 Å². The Hall–Kier alpha value is -0.300. The molecule has 0 heterocycles. The molecule has 0 aromatic heterocycles. The topological polar surface area (TPSA) is 20.2 Å². The van der Waals surface area contributed by atoms with Crippen molar-refractivity contribution in [3.63, 3.8) is 0 Å². The molecule has 0 radical (unpaired) electrons. The number of aliphatic hydroxyl groups excluding tert-OH is 1. The standard InChI is InChI=1S/C6H12O/c1-3-6(2)4-5-7/h4,7H,3,5H2,1-2H3/b6-4+. The van der Waals surface area contributed by atoms with Gasteiger partial charge in [0.05, 0.1) is 6.61 Å². The molecule has 0 rings (SSSR count). The summed E-state index contributed by atoms with van der Waals surface area (Å²) >= 11 is 0. The lowest BCUT2D eigenvalue weighted by Gasteiger charge is -1.88. The molecule has 0 atom stereocenters. The lowest BCUT2D eigenvalue weighted by Crippen LogP contribution is -1.75. The van der Waals surface area contributed by atoms with Crippen molar-refractivity contribution >= 4 is 0 Å². The van der Waals surface area contributed by atoms with Crippen molar-refractivity contribution in [2.45, 2.75) is 20.3 Å². The van der Waals surface area contributed by atoms with Crippen LogP contribution >= 0.6 is 0 Å². The summed E-state index contributed by atoms with van der Waals surface area (Å²) in [4.78, 5) is 0. The van der Waals surface area contributed by atoms with Gasteiger partial charge in [-0.3, -0.25) is 0 Å². The monoisotopic (exact) mass is 100 g/mol. The Morgan fingerprint density at radius 3 is 2.43 bits per heavy atom. The molecule has 0 saturated heterocycles. The third kappa shape index (κ3) is 3.53. The highest BCUT2D eigenvalue weighted by Crippen LogP contribution is 1.94. The molecule has 0 aromatic carbocycles. The molecule has 0 amide bonds. The normalized spacial score (nSPS) is 12.1. The average molecular weight is 100 g/mol. The van der Waals surface area contributed by atoms with Crippen LogP contribution in [0.4, 0.5) is 0 Å². The van der Waals surface area contributed by atoms with E-state index in [0.717, 1.165) is 6.42 Å². The molecular weight excluding hydrogens is 88.1 g/mol. The van der Waals surface area contributed by atoms with Crippen LogP contribution in [0, 0.1) is 0 Å². The van der Waals surface area contributed by atoms with Gasteiger partial charge in [-0.15, -0.1) is 0 Å². The predicted molar refractivity (Wildman–Crippen MR) is 31.1 cm³/mol. The van der Waals surface area contributed by atoms with Crippen LogP contribution in [0.2, 0.25) is 0 Å². The van der Waals surface area contributed by atoms with E-state index < -0.39 is 0 Å². The molecule has 1 N–H and O–H groups in total. The highest BCUT2D eigenvalue weighted by atomic mass is 16.2. The average Bonchev–Trinajstić information content (AvgIpc) is 1.68. The number of aliphatic hydroxyl groups is 1. The first-order valence-corrected chi connectivity index (χ1v) is 2.57. The summed E-state index contributed by atoms with van der Waals surface area (Å²) in [6.45, 7) is 4.26. The minimum atomic E-state index is 0.180. The van der Waals surface area contributed by atoms with Crippen LogP contribution in [0.5, 0.6) is 0 Å². The van der Waals surface area contributed by atoms with Gasteiger partial charge in [0.25, 0.3) is 0 Å². The molecule has 0 aliphatic rings. The fourth-order valence-electron chi connectivity index (χ4n) is 0.300. The second-order valence-electron chi connectivity index (χ2n) is 1.59. The van der Waals surface area contributed by atoms with Crippen molar-refractivity contribution in [1.82, 2.24) is 0 Å². The molecule has 0 unspecified atom stereocenters. The summed E-state index contributed by atoms with van der Waals surface area (Å²) in [5.74, 6) is 0. The summed E-state index contributed by atoms with van der Waals surface area (Å²) in [6.07, 6.45) is 2.86. The van der Waals surface area contributed by atoms with E-state index >= 15 is 0 Å². The molecule has 0 spiro atoms. The summed E-state index contributed by atoms with van der Waals surface area (Å²) in [6, 6.07) is 0. The molecule has 0 bridgehead atoms. The van der Waals surface area contributed by atoms with Gasteiger partial charge in [0.15, 0.2) is 0 Å². The summed E-state index contributed by atoms with van der Waals surface area (Å²) < 4.78 is 0. The minimum Gasteiger partial charge on any atom is -0.392 e. The Bertz CT molecular complexity index is 64.6. The Morgan fingerprint density at radius 1 is 1.71 bits per heavy atom. The molecule has 1 nitrogen and oxygen atoms in total. The molecule has 7 heavy (non-hydrogen) atoms. The van der Waals surface area contributed by atoms with E-state index in [1.807, 2.05) is 13.0 Å². The van der Waals surface area contributed by atoms with Crippen molar-refractivity contribution in [2.75, 3.05) is 6.61 Å². The lowest BCUT2D eigenvalue weighted by molar-refractivity contribution is 0.341. The van der Waals surface area contributed by atoms with Crippen LogP contribution in [-0.4, -0.2) is 11.7 Å². The Balaban J connectivity index is 3.29. The van der Waals surface area contributed by atoms with Crippen LogP contribution in [-0.2, 0) is 0 Å². The molecule has 42 valence electrons. The lowest BCUT2D eigenvalue weighted by atomic mass is 10.2. The highest BCUT2D eigenvalue weighted by molar-refractivity contribution is 4.95. The Kier molecular flexibility index (Phi) is 3.71. The molecule has 1 heteroatoms. The minimum absolute atomic E-state index is 0.180. The highest BCUT2D eigenvalue weighted by Gasteiger charge is 1.77. The zero-order chi connectivity index (χ0) is 5.70. The van der Waals surface area contributed by atoms with Gasteiger partial charge in [-0.05, 0) is 13.3 Å². The third-order valence-corrected chi connectivity index (χ3v) is 0.997. The van der Waals surface area contributed by atoms with Gasteiger partial charge in [0.1, 0.15) is 0 Å². The maximum Gasteiger partial charge on any atom is 0.0614 e. The summed E-state index contributed by atoms with van der Waals surface area (Å²) in [7, 11) is 0. The smallest absolute Gasteiger partial charge is 0.0614 e. The van der Waals surface area contributed by atoms with Crippen LogP contribution in [0.3, 0.4) is 0 Å². The van der Waals surface area contributed by atoms with Crippen LogP contribution < -0.4 is 0 Å². The molecule has 0 saturated carbocycles. The number of hydrogen-bond donors (Lipinski definition) is 1. The largest absolute Gasteiger partial charge is 0.392 e. The predicted octanol–water partition coefficient (Wildman–Crippen LogP) is 1.33. The van der Waals surface area contributed by atoms with Gasteiger partial charge in [0.2, 0.25) is 0 Å². The van der Waals surface area contributed by atoms with Gasteiger partial charge >= 0.3 is 0 Å². The van der Waals surface area contributed by atoms with E-state index in [0.29, 0.717) is 0 Å². The molecule has 0 aromatic rings. The first-order chi connectivity index (χ1) is 3.31. The molecular formula is C6H12O. The maximum absolute atomic E-state index is 8.29. The number of rotatable bonds is 2. The third-order valence-electron chi connectivity index (χ3n) is 0.997. The maximum atomic E-state index is 8.29. The van der Waals surface area contributed by atoms with Crippen LogP contribution in [0.15, 0.2) is 11.6 Å². The quantitative estimate of drug-likeness (QED) is 0.519. The molecule has 0 fully saturated rings. The molecule has 0 aliphatic carbocycles. The Morgan fingerprint density at radius 2 is 2.29 bits per heavy atom. The summed E-state index contributed by atoms with van der Waals surface area (Å²) in [5.41, 5.74) is 1.25. The Labute approximate surface area is 44.7 Å². The van der Waals surface area contributed by atoms with Gasteiger partial charge in [-0.1, -0.05) is 18.6 Å². The second-order valence-corrected chi connectivity index (χ2v) is 1.59. The van der Waals surface area contributed by atoms with E-state index in [4.69, 9.17) is 5.11 Å². The first kappa shape index (κ1) is 6.70. The van der Waals surface area contributed by atoms with E-state index in [-0.39, 0.29) is 6.61 Å². The van der Waals surface area contributed by atoms with Gasteiger partial charge in [-0.2, -0.15) is 0 Å². The van der Waals surface area contributed by atoms with Crippen molar-refractivity contribution in [3.05, 3.63) is 11.6 Å². The first-order valence-electron chi connectivity index (χ1n) is 2.57. The van der Waals surface area contributed by atoms with Crippen molar-refractivity contribution in [2.24, 2.45) is 0 Å².